The van der Waals surface area contributed by atoms with Gasteiger partial charge in [-0.2, -0.15) is 4.98 Å². The molecule has 1 amide bonds. The van der Waals surface area contributed by atoms with Gasteiger partial charge in [-0.15, -0.1) is 5.10 Å². The van der Waals surface area contributed by atoms with Gasteiger partial charge in [0.05, 0.1) is 25.0 Å². The van der Waals surface area contributed by atoms with Crippen LogP contribution in [0.5, 0.6) is 23.0 Å². The third-order valence-electron chi connectivity index (χ3n) is 7.38. The highest BCUT2D eigenvalue weighted by atomic mass is 16.5. The number of carbonyl (C=O) groups excluding carboxylic acids is 1. The number of para-hydroxylation sites is 2. The largest absolute Gasteiger partial charge is 0.508 e. The number of anilines is 2. The zero-order chi connectivity index (χ0) is 31.3. The Labute approximate surface area is 260 Å². The summed E-state index contributed by atoms with van der Waals surface area (Å²) in [6.07, 6.45) is 0. The van der Waals surface area contributed by atoms with Crippen LogP contribution in [0, 0.1) is 0 Å². The number of phenolic OH excluding ortho intramolecular Hbond substituents is 1. The molecular weight excluding hydrogens is 570 g/mol. The lowest BCUT2D eigenvalue weighted by Gasteiger charge is -2.29. The van der Waals surface area contributed by atoms with Gasteiger partial charge in [-0.3, -0.25) is 4.79 Å². The first kappa shape index (κ1) is 29.3. The zero-order valence-electron chi connectivity index (χ0n) is 25.2. The number of phenols is 1. The molecule has 0 spiro atoms. The topological polar surface area (TPSA) is 120 Å². The van der Waals surface area contributed by atoms with Crippen LogP contribution in [0.3, 0.4) is 0 Å². The van der Waals surface area contributed by atoms with Crippen LogP contribution in [0.15, 0.2) is 108 Å². The van der Waals surface area contributed by atoms with Crippen molar-refractivity contribution in [1.29, 1.82) is 0 Å². The highest BCUT2D eigenvalue weighted by Crippen LogP contribution is 2.40. The predicted molar refractivity (Wildman–Crippen MR) is 172 cm³/mol. The van der Waals surface area contributed by atoms with Crippen molar-refractivity contribution in [3.63, 3.8) is 0 Å². The lowest BCUT2D eigenvalue weighted by Crippen LogP contribution is -2.31. The first-order chi connectivity index (χ1) is 21.9. The van der Waals surface area contributed by atoms with Crippen LogP contribution < -0.4 is 24.8 Å². The van der Waals surface area contributed by atoms with E-state index >= 15 is 0 Å². The Morgan fingerprint density at radius 3 is 2.51 bits per heavy atom. The van der Waals surface area contributed by atoms with Crippen LogP contribution >= 0.6 is 0 Å². The van der Waals surface area contributed by atoms with Gasteiger partial charge in [0.15, 0.2) is 17.3 Å². The molecule has 0 saturated carbocycles. The molecule has 1 aliphatic heterocycles. The summed E-state index contributed by atoms with van der Waals surface area (Å²) in [5.41, 5.74) is 3.98. The predicted octanol–water partition coefficient (Wildman–Crippen LogP) is 6.56. The van der Waals surface area contributed by atoms with Gasteiger partial charge in [-0.25, -0.2) is 4.68 Å². The van der Waals surface area contributed by atoms with E-state index in [1.54, 1.807) is 42.1 Å². The minimum absolute atomic E-state index is 0.100. The van der Waals surface area contributed by atoms with Gasteiger partial charge >= 0.3 is 0 Å². The van der Waals surface area contributed by atoms with Crippen molar-refractivity contribution in [3.05, 3.63) is 119 Å². The molecule has 1 unspecified atom stereocenters. The molecule has 6 rings (SSSR count). The number of aromatic hydroxyl groups is 1. The molecule has 3 N–H and O–H groups in total. The highest BCUT2D eigenvalue weighted by Gasteiger charge is 2.35. The molecule has 0 fully saturated rings. The molecule has 45 heavy (non-hydrogen) atoms. The Hall–Kier alpha value is -5.77. The van der Waals surface area contributed by atoms with Crippen molar-refractivity contribution in [2.45, 2.75) is 26.5 Å². The number of nitrogens with zero attached hydrogens (tertiary/aromatic N) is 3. The Kier molecular flexibility index (Phi) is 8.37. The van der Waals surface area contributed by atoms with Gasteiger partial charge in [0.1, 0.15) is 24.1 Å². The average molecular weight is 604 g/mol. The van der Waals surface area contributed by atoms with Crippen LogP contribution in [-0.2, 0) is 11.4 Å². The molecule has 0 aliphatic carbocycles. The molecule has 0 saturated heterocycles. The molecule has 1 aliphatic rings. The number of benzene rings is 4. The summed E-state index contributed by atoms with van der Waals surface area (Å²) in [5, 5.41) is 21.2. The van der Waals surface area contributed by atoms with Gasteiger partial charge in [0.2, 0.25) is 5.95 Å². The van der Waals surface area contributed by atoms with Gasteiger partial charge in [-0.05, 0) is 61.4 Å². The first-order valence-corrected chi connectivity index (χ1v) is 14.6. The normalized spacial score (nSPS) is 13.9. The molecule has 0 radical (unpaired) electrons. The second-order valence-corrected chi connectivity index (χ2v) is 10.4. The number of carbonyl (C=O) groups is 1. The van der Waals surface area contributed by atoms with Crippen LogP contribution in [-0.4, -0.2) is 39.5 Å². The SMILES string of the molecule is CCOc1cc(C2C(C(=O)Nc3ccccc3OC)=C(C)Nc3nc(-c4cccc(O)c4)nn32)ccc1OCc1ccccc1. The fourth-order valence-corrected chi connectivity index (χ4v) is 5.28. The summed E-state index contributed by atoms with van der Waals surface area (Å²) in [7, 11) is 1.56. The Morgan fingerprint density at radius 2 is 1.73 bits per heavy atom. The maximum atomic E-state index is 14.1. The molecule has 5 aromatic rings. The number of fused-ring (bicyclic) bond motifs is 1. The standard InChI is InChI=1S/C35H33N5O5/c1-4-44-30-20-24(17-18-29(30)45-21-23-11-6-5-7-12-23)32-31(34(42)37-27-15-8-9-16-28(27)43-3)22(2)36-35-38-33(39-40(32)35)25-13-10-14-26(41)19-25/h5-20,32,41H,4,21H2,1-3H3,(H,37,42)(H,36,38,39). The number of hydrogen-bond acceptors (Lipinski definition) is 8. The van der Waals surface area contributed by atoms with Crippen LogP contribution in [0.4, 0.5) is 11.6 Å². The molecule has 228 valence electrons. The summed E-state index contributed by atoms with van der Waals surface area (Å²) in [4.78, 5) is 18.8. The number of hydrogen-bond donors (Lipinski definition) is 3. The maximum Gasteiger partial charge on any atom is 0.255 e. The summed E-state index contributed by atoms with van der Waals surface area (Å²) in [6, 6.07) is 28.8. The molecule has 4 aromatic carbocycles. The number of amides is 1. The minimum Gasteiger partial charge on any atom is -0.508 e. The molecule has 2 heterocycles. The highest BCUT2D eigenvalue weighted by molar-refractivity contribution is 6.06. The molecule has 10 nitrogen and oxygen atoms in total. The Bertz CT molecular complexity index is 1870. The van der Waals surface area contributed by atoms with Crippen molar-refractivity contribution < 1.29 is 24.1 Å². The fraction of sp³-hybridized carbons (Fsp3) is 0.171. The van der Waals surface area contributed by atoms with Crippen molar-refractivity contribution in [2.75, 3.05) is 24.4 Å². The number of nitrogens with one attached hydrogen (secondary N) is 2. The Balaban J connectivity index is 1.43. The van der Waals surface area contributed by atoms with Crippen LogP contribution in [0.1, 0.15) is 31.0 Å². The van der Waals surface area contributed by atoms with E-state index in [1.807, 2.05) is 80.6 Å². The van der Waals surface area contributed by atoms with E-state index in [9.17, 15) is 9.90 Å². The van der Waals surface area contributed by atoms with E-state index in [0.29, 0.717) is 64.8 Å². The van der Waals surface area contributed by atoms with E-state index in [4.69, 9.17) is 24.3 Å². The van der Waals surface area contributed by atoms with Crippen molar-refractivity contribution in [1.82, 2.24) is 14.8 Å². The van der Waals surface area contributed by atoms with Crippen molar-refractivity contribution >= 4 is 17.5 Å². The van der Waals surface area contributed by atoms with Gasteiger partial charge in [0.25, 0.3) is 5.91 Å². The summed E-state index contributed by atoms with van der Waals surface area (Å²) in [6.45, 7) is 4.53. The monoisotopic (exact) mass is 603 g/mol. The van der Waals surface area contributed by atoms with Crippen molar-refractivity contribution in [2.24, 2.45) is 0 Å². The van der Waals surface area contributed by atoms with Crippen LogP contribution in [0.25, 0.3) is 11.4 Å². The summed E-state index contributed by atoms with van der Waals surface area (Å²) >= 11 is 0. The van der Waals surface area contributed by atoms with Gasteiger partial charge in [-0.1, -0.05) is 60.7 Å². The van der Waals surface area contributed by atoms with Crippen LogP contribution in [0.2, 0.25) is 0 Å². The fourth-order valence-electron chi connectivity index (χ4n) is 5.28. The smallest absolute Gasteiger partial charge is 0.255 e. The van der Waals surface area contributed by atoms with Gasteiger partial charge < -0.3 is 30.0 Å². The lowest BCUT2D eigenvalue weighted by molar-refractivity contribution is -0.113. The number of rotatable bonds is 10. The van der Waals surface area contributed by atoms with E-state index in [2.05, 4.69) is 10.6 Å². The number of methoxy groups -OCH3 is 1. The van der Waals surface area contributed by atoms with E-state index in [-0.39, 0.29) is 11.7 Å². The minimum atomic E-state index is -0.683. The molecule has 1 atom stereocenters. The second kappa shape index (κ2) is 12.8. The number of ether oxygens (including phenoxy) is 3. The first-order valence-electron chi connectivity index (χ1n) is 14.6. The summed E-state index contributed by atoms with van der Waals surface area (Å²) < 4.78 is 19.3. The molecule has 1 aromatic heterocycles. The van der Waals surface area contributed by atoms with Gasteiger partial charge in [0, 0.05) is 11.3 Å². The molecular formula is C35H33N5O5. The van der Waals surface area contributed by atoms with E-state index in [1.165, 1.54) is 0 Å². The number of allylic oxidation sites excluding steroid dienone is 1. The molecule has 0 bridgehead atoms. The van der Waals surface area contributed by atoms with Crippen molar-refractivity contribution in [3.8, 4) is 34.4 Å². The summed E-state index contributed by atoms with van der Waals surface area (Å²) in [5.74, 6) is 2.27. The zero-order valence-corrected chi connectivity index (χ0v) is 25.2. The average Bonchev–Trinajstić information content (AvgIpc) is 3.48. The lowest BCUT2D eigenvalue weighted by atomic mass is 9.94. The van der Waals surface area contributed by atoms with E-state index in [0.717, 1.165) is 11.1 Å². The number of aromatic nitrogens is 3. The quantitative estimate of drug-likeness (QED) is 0.164. The third kappa shape index (κ3) is 6.16. The maximum absolute atomic E-state index is 14.1. The molecule has 10 heteroatoms. The second-order valence-electron chi connectivity index (χ2n) is 10.4. The third-order valence-corrected chi connectivity index (χ3v) is 7.38. The Morgan fingerprint density at radius 1 is 0.933 bits per heavy atom. The van der Waals surface area contributed by atoms with E-state index < -0.39 is 6.04 Å².